The van der Waals surface area contributed by atoms with E-state index in [1.54, 1.807) is 11.3 Å². The molecule has 0 N–H and O–H groups in total. The Bertz CT molecular complexity index is 3520. The van der Waals surface area contributed by atoms with Gasteiger partial charge < -0.3 is 14.0 Å². The van der Waals surface area contributed by atoms with Gasteiger partial charge in [0.1, 0.15) is 16.1 Å². The van der Waals surface area contributed by atoms with Crippen LogP contribution >= 0.6 is 11.3 Å². The maximum absolute atomic E-state index is 9.11. The first-order chi connectivity index (χ1) is 33.4. The fourth-order valence-electron chi connectivity index (χ4n) is 9.31. The van der Waals surface area contributed by atoms with E-state index >= 15 is 0 Å². The van der Waals surface area contributed by atoms with E-state index in [2.05, 4.69) is 152 Å². The molecule has 10 aromatic rings. The molecule has 0 saturated carbocycles. The van der Waals surface area contributed by atoms with E-state index in [0.717, 1.165) is 87.7 Å². The Hall–Kier alpha value is -5.50. The molecular weight excluding hydrogens is 1070 g/mol. The van der Waals surface area contributed by atoms with Crippen molar-refractivity contribution >= 4 is 67.8 Å². The first kappa shape index (κ1) is 48.1. The molecule has 0 fully saturated rings. The smallest absolute Gasteiger partial charge is 0.148 e. The molecule has 0 saturated heterocycles. The van der Waals surface area contributed by atoms with Gasteiger partial charge in [0.15, 0.2) is 0 Å². The molecule has 0 aliphatic rings. The zero-order valence-corrected chi connectivity index (χ0v) is 47.4. The van der Waals surface area contributed by atoms with Crippen LogP contribution in [0.4, 0.5) is 0 Å². The van der Waals surface area contributed by atoms with Gasteiger partial charge in [-0.3, -0.25) is 4.98 Å². The van der Waals surface area contributed by atoms with Crippen LogP contribution in [0.15, 0.2) is 126 Å². The molecule has 0 spiro atoms. The van der Waals surface area contributed by atoms with E-state index in [9.17, 15) is 0 Å². The van der Waals surface area contributed by atoms with Crippen LogP contribution in [0.5, 0.6) is 0 Å². The van der Waals surface area contributed by atoms with Crippen LogP contribution in [0.25, 0.3) is 82.1 Å². The zero-order chi connectivity index (χ0) is 50.9. The van der Waals surface area contributed by atoms with Gasteiger partial charge in [0.2, 0.25) is 0 Å². The largest absolute Gasteiger partial charge is 0.498 e. The Labute approximate surface area is 437 Å². The van der Waals surface area contributed by atoms with Gasteiger partial charge in [-0.2, -0.15) is 0 Å². The van der Waals surface area contributed by atoms with Crippen molar-refractivity contribution in [2.45, 2.75) is 125 Å². The quantitative estimate of drug-likeness (QED) is 0.107. The molecule has 4 aromatic heterocycles. The Morgan fingerprint density at radius 2 is 1.34 bits per heavy atom. The average molecular weight is 1140 g/mol. The van der Waals surface area contributed by atoms with Crippen molar-refractivity contribution in [3.05, 3.63) is 161 Å². The monoisotopic (exact) mass is 1140 g/mol. The van der Waals surface area contributed by atoms with Crippen LogP contribution in [0.1, 0.15) is 130 Å². The molecule has 0 atom stereocenters. The second-order valence-electron chi connectivity index (χ2n) is 21.5. The van der Waals surface area contributed by atoms with Crippen molar-refractivity contribution in [1.29, 1.82) is 0 Å². The van der Waals surface area contributed by atoms with Crippen LogP contribution < -0.4 is 5.19 Å². The van der Waals surface area contributed by atoms with Crippen LogP contribution in [0.2, 0.25) is 19.6 Å². The number of pyridine rings is 1. The number of imidazole rings is 1. The Morgan fingerprint density at radius 1 is 0.686 bits per heavy atom. The van der Waals surface area contributed by atoms with Gasteiger partial charge in [0, 0.05) is 45.7 Å². The molecule has 70 heavy (non-hydrogen) atoms. The van der Waals surface area contributed by atoms with E-state index < -0.39 is 19.9 Å². The summed E-state index contributed by atoms with van der Waals surface area (Å²) in [6.07, 6.45) is 1.97. The number of thiazole rings is 1. The first-order valence-electron chi connectivity index (χ1n) is 25.3. The van der Waals surface area contributed by atoms with E-state index in [-0.39, 0.29) is 25.5 Å². The number of hydrogen-bond acceptors (Lipinski definition) is 5. The van der Waals surface area contributed by atoms with Crippen LogP contribution in [0, 0.1) is 12.1 Å². The Kier molecular flexibility index (Phi) is 13.7. The molecule has 0 aliphatic carbocycles. The standard InChI is InChI=1S/C34H33N2OS.C28H33N2Si.Ir/c1-19(2)22-10-8-11-23(20(3)4)29(22)33-36-30-28(38-33)17-15-25-24-12-9-13-26(31(24)37-32(25)30)27-16-14-21(18-35-27)34(5,6)7;1-19(2)23-17-22(31(5,6)7)18-24(20(3)4)27(23)30-26-16-12-11-15-25(26)29-28(30)21-13-9-8-10-14-21;/h8-12,14-20H,1-7H3;8-13,15-20H,1-7H3;/q2*-1;/i;19D,20D;. The summed E-state index contributed by atoms with van der Waals surface area (Å²) < 4.78 is 28.2. The van der Waals surface area contributed by atoms with Gasteiger partial charge in [-0.05, 0) is 80.7 Å². The predicted octanol–water partition coefficient (Wildman–Crippen LogP) is 17.6. The number of benzene rings is 6. The molecule has 1 radical (unpaired) electrons. The molecule has 0 bridgehead atoms. The molecule has 4 heterocycles. The van der Waals surface area contributed by atoms with Crippen molar-refractivity contribution < 1.29 is 27.3 Å². The van der Waals surface area contributed by atoms with Crippen molar-refractivity contribution in [3.63, 3.8) is 0 Å². The fourth-order valence-corrected chi connectivity index (χ4v) is 11.5. The zero-order valence-electron chi connectivity index (χ0n) is 45.1. The van der Waals surface area contributed by atoms with Gasteiger partial charge >= 0.3 is 0 Å². The maximum atomic E-state index is 9.11. The minimum Gasteiger partial charge on any atom is -0.498 e. The van der Waals surface area contributed by atoms with Crippen molar-refractivity contribution in [3.8, 4) is 38.9 Å². The van der Waals surface area contributed by atoms with E-state index in [1.165, 1.54) is 27.4 Å². The molecule has 8 heteroatoms. The third-order valence-corrected chi connectivity index (χ3v) is 16.3. The van der Waals surface area contributed by atoms with Crippen molar-refractivity contribution in [1.82, 2.24) is 19.5 Å². The third-order valence-electron chi connectivity index (χ3n) is 13.2. The summed E-state index contributed by atoms with van der Waals surface area (Å²) in [6, 6.07) is 46.5. The Morgan fingerprint density at radius 3 is 1.93 bits per heavy atom. The summed E-state index contributed by atoms with van der Waals surface area (Å²) in [5.74, 6) is -0.0924. The number of nitrogens with zero attached hydrogens (tertiary/aromatic N) is 4. The number of hydrogen-bond donors (Lipinski definition) is 0. The minimum atomic E-state index is -1.69. The average Bonchev–Trinajstić information content (AvgIpc) is 4.04. The molecule has 5 nitrogen and oxygen atoms in total. The van der Waals surface area contributed by atoms with E-state index in [0.29, 0.717) is 11.8 Å². The minimum absolute atomic E-state index is 0. The number of aromatic nitrogens is 4. The van der Waals surface area contributed by atoms with Crippen LogP contribution in [-0.2, 0) is 25.5 Å². The van der Waals surface area contributed by atoms with Gasteiger partial charge in [-0.25, -0.2) is 4.98 Å². The number of para-hydroxylation sites is 2. The van der Waals surface area contributed by atoms with Crippen molar-refractivity contribution in [2.24, 2.45) is 0 Å². The second-order valence-corrected chi connectivity index (χ2v) is 27.6. The van der Waals surface area contributed by atoms with Gasteiger partial charge in [0.25, 0.3) is 0 Å². The molecule has 10 rings (SSSR count). The normalized spacial score (nSPS) is 13.0. The first-order valence-corrected chi connectivity index (χ1v) is 28.6. The Balaban J connectivity index is 0.000000192. The number of rotatable bonds is 9. The molecule has 0 unspecified atom stereocenters. The summed E-state index contributed by atoms with van der Waals surface area (Å²) in [4.78, 5) is 15.0. The summed E-state index contributed by atoms with van der Waals surface area (Å²) in [6.45, 7) is 30.3. The molecule has 361 valence electrons. The predicted molar refractivity (Wildman–Crippen MR) is 298 cm³/mol. The number of fused-ring (bicyclic) bond motifs is 6. The third kappa shape index (κ3) is 9.65. The second kappa shape index (κ2) is 19.9. The van der Waals surface area contributed by atoms with E-state index in [4.69, 9.17) is 22.1 Å². The van der Waals surface area contributed by atoms with E-state index in [1.807, 2.05) is 82.4 Å². The SMILES string of the molecule is CC(C)c1cccc(C(C)C)c1-c1nc2c(ccc3c4cc[c-]c(-c5ccc(C(C)(C)C)cn5)c4oc32)s1.[2H]C(C)(C)c1cc([Si](C)(C)C)cc(C([2H])(C)C)c1-n1c(-c2[c-]cccc2)nc2ccccc21.[Ir]. The van der Waals surface area contributed by atoms with Crippen LogP contribution in [0.3, 0.4) is 0 Å². The number of furan rings is 1. The molecular formula is C62H66IrN4OSSi-2. The molecule has 6 aromatic carbocycles. The van der Waals surface area contributed by atoms with Gasteiger partial charge in [-0.1, -0.05) is 173 Å². The molecule has 0 amide bonds. The van der Waals surface area contributed by atoms with Gasteiger partial charge in [-0.15, -0.1) is 65.4 Å². The van der Waals surface area contributed by atoms with Gasteiger partial charge in [0.05, 0.1) is 35.2 Å². The summed E-state index contributed by atoms with van der Waals surface area (Å²) in [5, 5.41) is 4.48. The summed E-state index contributed by atoms with van der Waals surface area (Å²) >= 11 is 1.75. The van der Waals surface area contributed by atoms with Crippen molar-refractivity contribution in [2.75, 3.05) is 0 Å². The van der Waals surface area contributed by atoms with Crippen LogP contribution in [-0.4, -0.2) is 27.6 Å². The summed E-state index contributed by atoms with van der Waals surface area (Å²) in [7, 11) is -1.69. The maximum Gasteiger partial charge on any atom is 0.148 e. The fraction of sp³-hybridized carbons (Fsp3) is 0.306. The molecule has 0 aliphatic heterocycles. The topological polar surface area (TPSA) is 56.7 Å². The summed E-state index contributed by atoms with van der Waals surface area (Å²) in [5.41, 5.74) is 15.1.